The second-order valence-corrected chi connectivity index (χ2v) is 10.5. The molecule has 0 saturated heterocycles. The minimum absolute atomic E-state index is 0.00637. The fourth-order valence-electron chi connectivity index (χ4n) is 2.38. The van der Waals surface area contributed by atoms with Gasteiger partial charge < -0.3 is 4.43 Å². The van der Waals surface area contributed by atoms with Crippen LogP contribution in [0.25, 0.3) is 6.08 Å². The van der Waals surface area contributed by atoms with Crippen molar-refractivity contribution in [1.82, 2.24) is 0 Å². The van der Waals surface area contributed by atoms with E-state index in [-0.39, 0.29) is 11.9 Å². The number of hydrogen-bond acceptors (Lipinski definition) is 2. The van der Waals surface area contributed by atoms with Crippen molar-refractivity contribution in [2.75, 3.05) is 0 Å². The van der Waals surface area contributed by atoms with Crippen molar-refractivity contribution in [2.45, 2.75) is 45.0 Å². The summed E-state index contributed by atoms with van der Waals surface area (Å²) in [6.07, 6.45) is 4.57. The van der Waals surface area contributed by atoms with Gasteiger partial charge in [-0.25, -0.2) is 0 Å². The van der Waals surface area contributed by atoms with Gasteiger partial charge in [-0.1, -0.05) is 30.3 Å². The average molecular weight is 274 g/mol. The molecule has 1 atom stereocenters. The summed E-state index contributed by atoms with van der Waals surface area (Å²) in [4.78, 5) is 12.2. The van der Waals surface area contributed by atoms with Crippen LogP contribution in [0.1, 0.15) is 24.8 Å². The maximum atomic E-state index is 12.2. The van der Waals surface area contributed by atoms with Crippen LogP contribution in [0.3, 0.4) is 0 Å². The molecular weight excluding hydrogens is 252 g/mol. The van der Waals surface area contributed by atoms with Gasteiger partial charge in [-0.3, -0.25) is 4.79 Å². The maximum absolute atomic E-state index is 12.2. The molecule has 0 spiro atoms. The van der Waals surface area contributed by atoms with Crippen LogP contribution in [0.5, 0.6) is 0 Å². The van der Waals surface area contributed by atoms with Crippen molar-refractivity contribution in [3.05, 3.63) is 41.5 Å². The monoisotopic (exact) mass is 274 g/mol. The molecule has 1 fully saturated rings. The summed E-state index contributed by atoms with van der Waals surface area (Å²) in [5, 5.41) is 0. The molecule has 0 heterocycles. The lowest BCUT2D eigenvalue weighted by molar-refractivity contribution is -0.117. The van der Waals surface area contributed by atoms with Crippen molar-refractivity contribution in [2.24, 2.45) is 0 Å². The summed E-state index contributed by atoms with van der Waals surface area (Å²) in [6, 6.07) is 10.0. The van der Waals surface area contributed by atoms with Gasteiger partial charge in [0.05, 0.1) is 6.10 Å². The van der Waals surface area contributed by atoms with Gasteiger partial charge in [0.15, 0.2) is 14.1 Å². The molecule has 0 radical (unpaired) electrons. The second-order valence-electron chi connectivity index (χ2n) is 6.04. The minimum atomic E-state index is -1.63. The van der Waals surface area contributed by atoms with Crippen LogP contribution in [0.15, 0.2) is 35.9 Å². The first kappa shape index (κ1) is 14.2. The predicted octanol–water partition coefficient (Wildman–Crippen LogP) is 4.04. The van der Waals surface area contributed by atoms with Gasteiger partial charge in [0, 0.05) is 12.0 Å². The van der Waals surface area contributed by atoms with Gasteiger partial charge in [-0.05, 0) is 44.1 Å². The summed E-state index contributed by atoms with van der Waals surface area (Å²) < 4.78 is 6.18. The molecule has 0 N–H and O–H groups in total. The fraction of sp³-hybridized carbons (Fsp3) is 0.438. The van der Waals surface area contributed by atoms with Crippen molar-refractivity contribution < 1.29 is 9.22 Å². The van der Waals surface area contributed by atoms with Crippen LogP contribution in [0, 0.1) is 0 Å². The Morgan fingerprint density at radius 1 is 1.21 bits per heavy atom. The maximum Gasteiger partial charge on any atom is 0.184 e. The summed E-state index contributed by atoms with van der Waals surface area (Å²) in [5.41, 5.74) is 1.94. The molecule has 0 aromatic heterocycles. The zero-order valence-corrected chi connectivity index (χ0v) is 13.0. The molecule has 19 heavy (non-hydrogen) atoms. The molecule has 1 aliphatic carbocycles. The third-order valence-electron chi connectivity index (χ3n) is 3.16. The number of hydrogen-bond donors (Lipinski definition) is 0. The van der Waals surface area contributed by atoms with Gasteiger partial charge in [-0.15, -0.1) is 0 Å². The van der Waals surface area contributed by atoms with E-state index < -0.39 is 8.32 Å². The van der Waals surface area contributed by atoms with Gasteiger partial charge in [0.1, 0.15) is 0 Å². The van der Waals surface area contributed by atoms with E-state index in [1.54, 1.807) is 0 Å². The molecule has 102 valence electrons. The van der Waals surface area contributed by atoms with E-state index in [1.165, 1.54) is 0 Å². The van der Waals surface area contributed by atoms with Gasteiger partial charge in [0.25, 0.3) is 0 Å². The summed E-state index contributed by atoms with van der Waals surface area (Å²) >= 11 is 0. The Kier molecular flexibility index (Phi) is 4.37. The van der Waals surface area contributed by atoms with Crippen LogP contribution >= 0.6 is 0 Å². The van der Waals surface area contributed by atoms with E-state index in [0.717, 1.165) is 24.0 Å². The van der Waals surface area contributed by atoms with Gasteiger partial charge in [-0.2, -0.15) is 0 Å². The smallest absolute Gasteiger partial charge is 0.184 e. The number of ketones is 1. The highest BCUT2D eigenvalue weighted by Crippen LogP contribution is 2.28. The zero-order chi connectivity index (χ0) is 13.9. The standard InChI is InChI=1S/C16H22O2Si/c1-19(2,3)18-16-11-7-10-15(17)14(16)12-13-8-5-4-6-9-13/h4-6,8-9,12,16H,7,10-11H2,1-3H3/b14-12+. The van der Waals surface area contributed by atoms with Crippen LogP contribution in [-0.4, -0.2) is 20.2 Å². The fourth-order valence-corrected chi connectivity index (χ4v) is 3.48. The first-order valence-corrected chi connectivity index (χ1v) is 10.3. The molecule has 1 aromatic rings. The summed E-state index contributed by atoms with van der Waals surface area (Å²) in [7, 11) is -1.63. The minimum Gasteiger partial charge on any atom is -0.411 e. The molecule has 2 rings (SSSR count). The SMILES string of the molecule is C[Si](C)(C)OC1CCCC(=O)/C1=C\c1ccccc1. The zero-order valence-electron chi connectivity index (χ0n) is 12.0. The number of rotatable bonds is 3. The largest absolute Gasteiger partial charge is 0.411 e. The third kappa shape index (κ3) is 4.15. The van der Waals surface area contributed by atoms with Crippen molar-refractivity contribution in [3.63, 3.8) is 0 Å². The van der Waals surface area contributed by atoms with Crippen LogP contribution < -0.4 is 0 Å². The number of carbonyl (C=O) groups is 1. The third-order valence-corrected chi connectivity index (χ3v) is 4.15. The molecular formula is C16H22O2Si. The molecule has 3 heteroatoms. The molecule has 1 aliphatic rings. The molecule has 1 aromatic carbocycles. The van der Waals surface area contributed by atoms with Crippen molar-refractivity contribution in [1.29, 1.82) is 0 Å². The highest BCUT2D eigenvalue weighted by atomic mass is 28.4. The first-order valence-electron chi connectivity index (χ1n) is 6.93. The average Bonchev–Trinajstić information content (AvgIpc) is 2.33. The lowest BCUT2D eigenvalue weighted by Gasteiger charge is -2.30. The Morgan fingerprint density at radius 2 is 1.89 bits per heavy atom. The van der Waals surface area contributed by atoms with Crippen molar-refractivity contribution >= 4 is 20.2 Å². The lowest BCUT2D eigenvalue weighted by Crippen LogP contribution is -2.36. The molecule has 2 nitrogen and oxygen atoms in total. The molecule has 0 aliphatic heterocycles. The van der Waals surface area contributed by atoms with E-state index in [2.05, 4.69) is 19.6 Å². The quantitative estimate of drug-likeness (QED) is 0.614. The van der Waals surface area contributed by atoms with E-state index in [1.807, 2.05) is 36.4 Å². The van der Waals surface area contributed by atoms with Crippen molar-refractivity contribution in [3.8, 4) is 0 Å². The first-order chi connectivity index (χ1) is 8.96. The predicted molar refractivity (Wildman–Crippen MR) is 81.5 cm³/mol. The summed E-state index contributed by atoms with van der Waals surface area (Å²) in [5.74, 6) is 0.248. The van der Waals surface area contributed by atoms with Gasteiger partial charge in [0.2, 0.25) is 0 Å². The Bertz CT molecular complexity index is 471. The Balaban J connectivity index is 2.26. The lowest BCUT2D eigenvalue weighted by atomic mass is 9.89. The molecule has 0 amide bonds. The van der Waals surface area contributed by atoms with Crippen LogP contribution in [0.2, 0.25) is 19.6 Å². The van der Waals surface area contributed by atoms with E-state index >= 15 is 0 Å². The van der Waals surface area contributed by atoms with E-state index in [9.17, 15) is 4.79 Å². The molecule has 1 saturated carbocycles. The highest BCUT2D eigenvalue weighted by Gasteiger charge is 2.30. The molecule has 0 bridgehead atoms. The summed E-state index contributed by atoms with van der Waals surface area (Å²) in [6.45, 7) is 6.52. The normalized spacial score (nSPS) is 22.8. The number of carbonyl (C=O) groups excluding carboxylic acids is 1. The molecule has 1 unspecified atom stereocenters. The number of benzene rings is 1. The highest BCUT2D eigenvalue weighted by molar-refractivity contribution is 6.69. The van der Waals surface area contributed by atoms with Crippen LogP contribution in [-0.2, 0) is 9.22 Å². The van der Waals surface area contributed by atoms with E-state index in [0.29, 0.717) is 6.42 Å². The topological polar surface area (TPSA) is 26.3 Å². The number of Topliss-reactive ketones (excluding diaryl/α,β-unsaturated/α-hetero) is 1. The second kappa shape index (κ2) is 5.84. The Hall–Kier alpha value is -1.19. The van der Waals surface area contributed by atoms with E-state index in [4.69, 9.17) is 4.43 Å². The Morgan fingerprint density at radius 3 is 2.53 bits per heavy atom. The van der Waals surface area contributed by atoms with Crippen LogP contribution in [0.4, 0.5) is 0 Å². The Labute approximate surface area is 116 Å². The van der Waals surface area contributed by atoms with Gasteiger partial charge >= 0.3 is 0 Å².